The fourth-order valence-corrected chi connectivity index (χ4v) is 3.43. The molecule has 2 unspecified atom stereocenters. The molecule has 0 saturated carbocycles. The van der Waals surface area contributed by atoms with E-state index in [1.165, 1.54) is 9.75 Å². The molecule has 0 amide bonds. The average Bonchev–Trinajstić information content (AvgIpc) is 2.90. The minimum atomic E-state index is 0.0344. The number of nitrogens with zero attached hydrogens (tertiary/aromatic N) is 2. The zero-order valence-electron chi connectivity index (χ0n) is 11.8. The van der Waals surface area contributed by atoms with Crippen molar-refractivity contribution in [3.05, 3.63) is 38.3 Å². The van der Waals surface area contributed by atoms with Gasteiger partial charge < -0.3 is 5.73 Å². The van der Waals surface area contributed by atoms with Crippen LogP contribution in [0.2, 0.25) is 5.02 Å². The highest BCUT2D eigenvalue weighted by molar-refractivity contribution is 7.12. The molecule has 104 valence electrons. The molecule has 0 bridgehead atoms. The topological polar surface area (TPSA) is 43.8 Å². The summed E-state index contributed by atoms with van der Waals surface area (Å²) in [6, 6.07) is 4.37. The summed E-state index contributed by atoms with van der Waals surface area (Å²) >= 11 is 8.04. The molecule has 2 atom stereocenters. The molecule has 2 aromatic rings. The van der Waals surface area contributed by atoms with Crippen LogP contribution in [0.4, 0.5) is 0 Å². The molecule has 3 nitrogen and oxygen atoms in total. The molecular weight excluding hydrogens is 278 g/mol. The highest BCUT2D eigenvalue weighted by Gasteiger charge is 2.25. The minimum absolute atomic E-state index is 0.0344. The van der Waals surface area contributed by atoms with Crippen LogP contribution in [0, 0.1) is 20.8 Å². The van der Waals surface area contributed by atoms with E-state index in [0.717, 1.165) is 22.8 Å². The van der Waals surface area contributed by atoms with Gasteiger partial charge in [0.05, 0.1) is 16.4 Å². The Hall–Kier alpha value is -0.840. The van der Waals surface area contributed by atoms with E-state index < -0.39 is 0 Å². The summed E-state index contributed by atoms with van der Waals surface area (Å²) in [6.45, 7) is 8.14. The zero-order chi connectivity index (χ0) is 14.2. The number of rotatable bonds is 4. The molecule has 0 radical (unpaired) electrons. The van der Waals surface area contributed by atoms with Gasteiger partial charge in [0, 0.05) is 15.8 Å². The van der Waals surface area contributed by atoms with Crippen molar-refractivity contribution < 1.29 is 0 Å². The molecule has 2 heterocycles. The van der Waals surface area contributed by atoms with Crippen molar-refractivity contribution in [2.75, 3.05) is 0 Å². The average molecular weight is 298 g/mol. The van der Waals surface area contributed by atoms with Crippen LogP contribution < -0.4 is 5.73 Å². The first-order valence-electron chi connectivity index (χ1n) is 6.48. The van der Waals surface area contributed by atoms with Gasteiger partial charge in [0.25, 0.3) is 0 Å². The quantitative estimate of drug-likeness (QED) is 0.931. The van der Waals surface area contributed by atoms with Crippen LogP contribution in [-0.4, -0.2) is 15.8 Å². The fraction of sp³-hybridized carbons (Fsp3) is 0.500. The number of hydrogen-bond donors (Lipinski definition) is 1. The van der Waals surface area contributed by atoms with Gasteiger partial charge in [-0.3, -0.25) is 4.68 Å². The monoisotopic (exact) mass is 297 g/mol. The van der Waals surface area contributed by atoms with E-state index in [-0.39, 0.29) is 12.1 Å². The summed E-state index contributed by atoms with van der Waals surface area (Å²) in [7, 11) is 0. The molecule has 0 aliphatic rings. The lowest BCUT2D eigenvalue weighted by Gasteiger charge is -2.23. The minimum Gasteiger partial charge on any atom is -0.326 e. The molecule has 5 heteroatoms. The Morgan fingerprint density at radius 2 is 2.05 bits per heavy atom. The Morgan fingerprint density at radius 3 is 2.47 bits per heavy atom. The van der Waals surface area contributed by atoms with E-state index in [2.05, 4.69) is 31.1 Å². The second-order valence-corrected chi connectivity index (χ2v) is 6.59. The van der Waals surface area contributed by atoms with Gasteiger partial charge >= 0.3 is 0 Å². The Balaban J connectivity index is 2.52. The molecule has 2 N–H and O–H groups in total. The number of halogens is 1. The lowest BCUT2D eigenvalue weighted by Crippen LogP contribution is -2.33. The maximum absolute atomic E-state index is 6.32. The second-order valence-electron chi connectivity index (χ2n) is 4.89. The van der Waals surface area contributed by atoms with Crippen LogP contribution in [0.15, 0.2) is 12.1 Å². The van der Waals surface area contributed by atoms with E-state index in [0.29, 0.717) is 0 Å². The summed E-state index contributed by atoms with van der Waals surface area (Å²) in [6.07, 6.45) is 0.900. The van der Waals surface area contributed by atoms with Crippen LogP contribution in [0.3, 0.4) is 0 Å². The Kier molecular flexibility index (Phi) is 4.33. The molecule has 0 fully saturated rings. The van der Waals surface area contributed by atoms with Crippen molar-refractivity contribution in [3.63, 3.8) is 0 Å². The summed E-state index contributed by atoms with van der Waals surface area (Å²) in [5.41, 5.74) is 8.17. The predicted octanol–water partition coefficient (Wildman–Crippen LogP) is 3.85. The third-order valence-electron chi connectivity index (χ3n) is 3.43. The molecule has 0 saturated heterocycles. The van der Waals surface area contributed by atoms with E-state index in [1.807, 2.05) is 18.5 Å². The van der Waals surface area contributed by atoms with Gasteiger partial charge in [0.1, 0.15) is 6.04 Å². The maximum atomic E-state index is 6.32. The van der Waals surface area contributed by atoms with Crippen molar-refractivity contribution in [1.82, 2.24) is 9.78 Å². The van der Waals surface area contributed by atoms with Crippen molar-refractivity contribution in [2.45, 2.75) is 46.2 Å². The normalized spacial score (nSPS) is 14.6. The predicted molar refractivity (Wildman–Crippen MR) is 82.2 cm³/mol. The first kappa shape index (κ1) is 14.6. The van der Waals surface area contributed by atoms with Crippen LogP contribution >= 0.6 is 22.9 Å². The second kappa shape index (κ2) is 5.65. The van der Waals surface area contributed by atoms with Crippen molar-refractivity contribution in [2.24, 2.45) is 5.73 Å². The highest BCUT2D eigenvalue weighted by atomic mass is 35.5. The van der Waals surface area contributed by atoms with Crippen molar-refractivity contribution >= 4 is 22.9 Å². The first-order valence-corrected chi connectivity index (χ1v) is 7.68. The number of hydrogen-bond acceptors (Lipinski definition) is 3. The molecular formula is C14H20ClN3S. The van der Waals surface area contributed by atoms with Crippen LogP contribution in [0.5, 0.6) is 0 Å². The van der Waals surface area contributed by atoms with Crippen molar-refractivity contribution in [1.29, 1.82) is 0 Å². The molecule has 0 aliphatic heterocycles. The van der Waals surface area contributed by atoms with E-state index in [9.17, 15) is 0 Å². The largest absolute Gasteiger partial charge is 0.326 e. The number of thiophene rings is 1. The summed E-state index contributed by atoms with van der Waals surface area (Å²) in [5, 5.41) is 5.31. The fourth-order valence-electron chi connectivity index (χ4n) is 2.26. The zero-order valence-corrected chi connectivity index (χ0v) is 13.3. The third kappa shape index (κ3) is 2.71. The van der Waals surface area contributed by atoms with Gasteiger partial charge in [-0.15, -0.1) is 11.3 Å². The third-order valence-corrected chi connectivity index (χ3v) is 5.05. The van der Waals surface area contributed by atoms with Gasteiger partial charge in [0.15, 0.2) is 0 Å². The number of nitrogens with two attached hydrogens (primary N) is 1. The van der Waals surface area contributed by atoms with Crippen LogP contribution in [0.25, 0.3) is 0 Å². The molecule has 19 heavy (non-hydrogen) atoms. The van der Waals surface area contributed by atoms with E-state index >= 15 is 0 Å². The molecule has 2 aromatic heterocycles. The first-order chi connectivity index (χ1) is 8.95. The Bertz CT molecular complexity index is 573. The van der Waals surface area contributed by atoms with Gasteiger partial charge in [-0.25, -0.2) is 0 Å². The lowest BCUT2D eigenvalue weighted by atomic mass is 10.1. The van der Waals surface area contributed by atoms with Gasteiger partial charge in [-0.05, 0) is 39.3 Å². The van der Waals surface area contributed by atoms with Crippen molar-refractivity contribution in [3.8, 4) is 0 Å². The summed E-state index contributed by atoms with van der Waals surface area (Å²) in [5.74, 6) is 0. The molecule has 0 aliphatic carbocycles. The van der Waals surface area contributed by atoms with Gasteiger partial charge in [-0.1, -0.05) is 18.5 Å². The number of aryl methyl sites for hydroxylation is 2. The molecule has 0 aromatic carbocycles. The molecule has 2 rings (SSSR count). The molecule has 0 spiro atoms. The Morgan fingerprint density at radius 1 is 1.37 bits per heavy atom. The maximum Gasteiger partial charge on any atom is 0.101 e. The SMILES string of the molecule is CCC(N)C(c1ccc(C)s1)n1nc(C)c(Cl)c1C. The summed E-state index contributed by atoms with van der Waals surface area (Å²) < 4.78 is 1.98. The van der Waals surface area contributed by atoms with Gasteiger partial charge in [-0.2, -0.15) is 5.10 Å². The standard InChI is InChI=1S/C14H20ClN3S/c1-5-11(16)14(12-7-6-8(2)19-12)18-10(4)13(15)9(3)17-18/h6-7,11,14H,5,16H2,1-4H3. The number of aromatic nitrogens is 2. The van der Waals surface area contributed by atoms with Crippen LogP contribution in [0.1, 0.15) is 40.5 Å². The smallest absolute Gasteiger partial charge is 0.101 e. The van der Waals surface area contributed by atoms with Gasteiger partial charge in [0.2, 0.25) is 0 Å². The van der Waals surface area contributed by atoms with E-state index in [4.69, 9.17) is 17.3 Å². The highest BCUT2D eigenvalue weighted by Crippen LogP contribution is 2.32. The Labute approximate surface area is 123 Å². The van der Waals surface area contributed by atoms with E-state index in [1.54, 1.807) is 11.3 Å². The lowest BCUT2D eigenvalue weighted by molar-refractivity contribution is 0.421. The summed E-state index contributed by atoms with van der Waals surface area (Å²) in [4.78, 5) is 2.53. The van der Waals surface area contributed by atoms with Crippen LogP contribution in [-0.2, 0) is 0 Å².